The van der Waals surface area contributed by atoms with Crippen LogP contribution in [0.5, 0.6) is 0 Å². The second-order valence-corrected chi connectivity index (χ2v) is 6.36. The summed E-state index contributed by atoms with van der Waals surface area (Å²) in [7, 11) is 0. The first-order chi connectivity index (χ1) is 8.94. The molecule has 19 heavy (non-hydrogen) atoms. The first-order valence-electron chi connectivity index (χ1n) is 7.64. The van der Waals surface area contributed by atoms with Crippen molar-refractivity contribution in [1.29, 1.82) is 0 Å². The summed E-state index contributed by atoms with van der Waals surface area (Å²) >= 11 is 0. The highest BCUT2D eigenvalue weighted by Crippen LogP contribution is 2.22. The first kappa shape index (κ1) is 16.3. The van der Waals surface area contributed by atoms with Crippen molar-refractivity contribution in [3.63, 3.8) is 0 Å². The number of hydrogen-bond donors (Lipinski definition) is 1. The zero-order valence-electron chi connectivity index (χ0n) is 13.0. The van der Waals surface area contributed by atoms with Crippen LogP contribution in [-0.4, -0.2) is 42.3 Å². The van der Waals surface area contributed by atoms with Gasteiger partial charge < -0.3 is 15.0 Å². The molecule has 0 radical (unpaired) electrons. The Morgan fingerprint density at radius 3 is 2.74 bits per heavy atom. The van der Waals surface area contributed by atoms with Gasteiger partial charge in [-0.15, -0.1) is 0 Å². The number of nitrogens with zero attached hydrogens (tertiary/aromatic N) is 1. The van der Waals surface area contributed by atoms with E-state index < -0.39 is 5.60 Å². The molecule has 0 aromatic carbocycles. The molecule has 1 unspecified atom stereocenters. The molecule has 1 atom stereocenters. The van der Waals surface area contributed by atoms with Crippen molar-refractivity contribution in [3.05, 3.63) is 0 Å². The number of rotatable bonds is 6. The molecule has 0 bridgehead atoms. The van der Waals surface area contributed by atoms with Crippen LogP contribution in [0, 0.1) is 0 Å². The average molecular weight is 270 g/mol. The maximum absolute atomic E-state index is 12.1. The molecule has 0 aliphatic carbocycles. The molecule has 4 nitrogen and oxygen atoms in total. The maximum atomic E-state index is 12.1. The number of likely N-dealkylation sites (tertiary alicyclic amines) is 1. The smallest absolute Gasteiger partial charge is 0.410 e. The van der Waals surface area contributed by atoms with Crippen molar-refractivity contribution < 1.29 is 9.53 Å². The second-order valence-electron chi connectivity index (χ2n) is 6.36. The summed E-state index contributed by atoms with van der Waals surface area (Å²) in [5.41, 5.74) is -0.399. The molecule has 1 aliphatic rings. The molecule has 0 spiro atoms. The lowest BCUT2D eigenvalue weighted by atomic mass is 10.1. The normalized spacial score (nSPS) is 19.8. The van der Waals surface area contributed by atoms with Crippen molar-refractivity contribution >= 4 is 6.09 Å². The lowest BCUT2D eigenvalue weighted by molar-refractivity contribution is 0.0221. The van der Waals surface area contributed by atoms with Crippen LogP contribution in [0.2, 0.25) is 0 Å². The Morgan fingerprint density at radius 2 is 2.11 bits per heavy atom. The van der Waals surface area contributed by atoms with Crippen LogP contribution in [-0.2, 0) is 4.74 Å². The molecular formula is C15H30N2O2. The van der Waals surface area contributed by atoms with Crippen molar-refractivity contribution in [1.82, 2.24) is 10.2 Å². The van der Waals surface area contributed by atoms with Gasteiger partial charge in [-0.2, -0.15) is 0 Å². The lowest BCUT2D eigenvalue weighted by Gasteiger charge is -2.28. The van der Waals surface area contributed by atoms with E-state index in [1.54, 1.807) is 0 Å². The minimum atomic E-state index is -0.399. The number of hydrogen-bond acceptors (Lipinski definition) is 3. The highest BCUT2D eigenvalue weighted by atomic mass is 16.6. The summed E-state index contributed by atoms with van der Waals surface area (Å²) in [6.07, 6.45) is 5.53. The number of unbranched alkanes of at least 4 members (excludes halogenated alkanes) is 1. The number of carbonyl (C=O) groups excluding carboxylic acids is 1. The molecular weight excluding hydrogens is 240 g/mol. The van der Waals surface area contributed by atoms with E-state index in [1.807, 2.05) is 25.7 Å². The summed E-state index contributed by atoms with van der Waals surface area (Å²) in [6, 6.07) is 0.351. The van der Waals surface area contributed by atoms with Gasteiger partial charge in [-0.25, -0.2) is 4.79 Å². The van der Waals surface area contributed by atoms with E-state index in [4.69, 9.17) is 4.74 Å². The van der Waals surface area contributed by atoms with E-state index in [2.05, 4.69) is 12.2 Å². The number of nitrogens with one attached hydrogen (secondary N) is 1. The molecule has 1 fully saturated rings. The van der Waals surface area contributed by atoms with Gasteiger partial charge >= 0.3 is 6.09 Å². The third-order valence-corrected chi connectivity index (χ3v) is 3.37. The van der Waals surface area contributed by atoms with Gasteiger partial charge in [-0.3, -0.25) is 0 Å². The topological polar surface area (TPSA) is 41.6 Å². The monoisotopic (exact) mass is 270 g/mol. The highest BCUT2D eigenvalue weighted by molar-refractivity contribution is 5.68. The minimum Gasteiger partial charge on any atom is -0.444 e. The van der Waals surface area contributed by atoms with Gasteiger partial charge in [0.25, 0.3) is 0 Å². The van der Waals surface area contributed by atoms with Gasteiger partial charge in [0.1, 0.15) is 5.60 Å². The molecule has 4 heteroatoms. The Labute approximate surface area is 117 Å². The van der Waals surface area contributed by atoms with Crippen molar-refractivity contribution in [3.8, 4) is 0 Å². The van der Waals surface area contributed by atoms with Crippen LogP contribution in [0.1, 0.15) is 59.8 Å². The van der Waals surface area contributed by atoms with Crippen LogP contribution in [0.25, 0.3) is 0 Å². The summed E-state index contributed by atoms with van der Waals surface area (Å²) in [5.74, 6) is 0. The van der Waals surface area contributed by atoms with Crippen LogP contribution in [0.15, 0.2) is 0 Å². The fraction of sp³-hybridized carbons (Fsp3) is 0.933. The number of amides is 1. The van der Waals surface area contributed by atoms with Gasteiger partial charge in [0, 0.05) is 12.6 Å². The van der Waals surface area contributed by atoms with E-state index in [0.717, 1.165) is 38.9 Å². The quantitative estimate of drug-likeness (QED) is 0.754. The SMILES string of the molecule is CCCCNCCC1CCCN1C(=O)OC(C)(C)C. The molecule has 0 saturated carbocycles. The Kier molecular flexibility index (Phi) is 6.63. The van der Waals surface area contributed by atoms with Gasteiger partial charge in [-0.1, -0.05) is 13.3 Å². The van der Waals surface area contributed by atoms with Gasteiger partial charge in [0.05, 0.1) is 0 Å². The first-order valence-corrected chi connectivity index (χ1v) is 7.64. The molecule has 112 valence electrons. The Bertz CT molecular complexity index is 274. The molecule has 1 rings (SSSR count). The van der Waals surface area contributed by atoms with E-state index in [1.165, 1.54) is 12.8 Å². The highest BCUT2D eigenvalue weighted by Gasteiger charge is 2.31. The predicted molar refractivity (Wildman–Crippen MR) is 78.4 cm³/mol. The fourth-order valence-corrected chi connectivity index (χ4v) is 2.39. The number of carbonyl (C=O) groups is 1. The van der Waals surface area contributed by atoms with Crippen LogP contribution in [0.4, 0.5) is 4.79 Å². The summed E-state index contributed by atoms with van der Waals surface area (Å²) in [4.78, 5) is 14.0. The largest absolute Gasteiger partial charge is 0.444 e. The molecule has 1 aliphatic heterocycles. The van der Waals surface area contributed by atoms with Crippen molar-refractivity contribution in [2.75, 3.05) is 19.6 Å². The maximum Gasteiger partial charge on any atom is 0.410 e. The van der Waals surface area contributed by atoms with Gasteiger partial charge in [0.2, 0.25) is 0 Å². The Morgan fingerprint density at radius 1 is 1.37 bits per heavy atom. The zero-order chi connectivity index (χ0) is 14.3. The summed E-state index contributed by atoms with van der Waals surface area (Å²) in [6.45, 7) is 10.9. The standard InChI is InChI=1S/C15H30N2O2/c1-5-6-10-16-11-9-13-8-7-12-17(13)14(18)19-15(2,3)4/h13,16H,5-12H2,1-4H3. The van der Waals surface area contributed by atoms with Gasteiger partial charge in [-0.05, 0) is 59.5 Å². The number of ether oxygens (including phenoxy) is 1. The Hall–Kier alpha value is -0.770. The minimum absolute atomic E-state index is 0.149. The van der Waals surface area contributed by atoms with E-state index in [9.17, 15) is 4.79 Å². The van der Waals surface area contributed by atoms with E-state index >= 15 is 0 Å². The Balaban J connectivity index is 2.31. The fourth-order valence-electron chi connectivity index (χ4n) is 2.39. The molecule has 0 aromatic rings. The summed E-state index contributed by atoms with van der Waals surface area (Å²) < 4.78 is 5.46. The molecule has 1 heterocycles. The van der Waals surface area contributed by atoms with Crippen molar-refractivity contribution in [2.24, 2.45) is 0 Å². The van der Waals surface area contributed by atoms with Crippen molar-refractivity contribution in [2.45, 2.75) is 71.4 Å². The van der Waals surface area contributed by atoms with Crippen LogP contribution in [0.3, 0.4) is 0 Å². The molecule has 0 aromatic heterocycles. The second kappa shape index (κ2) is 7.73. The van der Waals surface area contributed by atoms with E-state index in [-0.39, 0.29) is 6.09 Å². The van der Waals surface area contributed by atoms with Crippen LogP contribution < -0.4 is 5.32 Å². The average Bonchev–Trinajstić information content (AvgIpc) is 2.75. The van der Waals surface area contributed by atoms with E-state index in [0.29, 0.717) is 6.04 Å². The van der Waals surface area contributed by atoms with Crippen LogP contribution >= 0.6 is 0 Å². The predicted octanol–water partition coefficient (Wildman–Crippen LogP) is 3.17. The lowest BCUT2D eigenvalue weighted by Crippen LogP contribution is -2.40. The molecule has 1 saturated heterocycles. The van der Waals surface area contributed by atoms with Gasteiger partial charge in [0.15, 0.2) is 0 Å². The molecule has 1 N–H and O–H groups in total. The summed E-state index contributed by atoms with van der Waals surface area (Å²) in [5, 5.41) is 3.44. The zero-order valence-corrected chi connectivity index (χ0v) is 13.0. The molecule has 1 amide bonds. The third kappa shape index (κ3) is 6.28. The third-order valence-electron chi connectivity index (χ3n) is 3.37.